The predicted molar refractivity (Wildman–Crippen MR) is 153 cm³/mol. The molecule has 0 radical (unpaired) electrons. The monoisotopic (exact) mass is 525 g/mol. The first-order valence-electron chi connectivity index (χ1n) is 15.2. The van der Waals surface area contributed by atoms with E-state index in [1.807, 2.05) is 4.90 Å². The minimum absolute atomic E-state index is 0.298. The third kappa shape index (κ3) is 14.8. The van der Waals surface area contributed by atoms with Crippen molar-refractivity contribution in [3.8, 4) is 0 Å². The van der Waals surface area contributed by atoms with Gasteiger partial charge in [-0.3, -0.25) is 14.4 Å². The van der Waals surface area contributed by atoms with E-state index in [0.29, 0.717) is 37.4 Å². The zero-order chi connectivity index (χ0) is 28.3. The second-order valence-corrected chi connectivity index (χ2v) is 11.1. The van der Waals surface area contributed by atoms with Gasteiger partial charge in [-0.15, -0.1) is 0 Å². The molecule has 0 heterocycles. The topological polar surface area (TPSA) is 113 Å². The number of nitrogens with two attached hydrogens (primary N) is 1. The summed E-state index contributed by atoms with van der Waals surface area (Å²) < 4.78 is 0. The Morgan fingerprint density at radius 1 is 0.757 bits per heavy atom. The lowest BCUT2D eigenvalue weighted by atomic mass is 9.91. The number of carbonyl (C=O) groups excluding carboxylic acids is 3. The van der Waals surface area contributed by atoms with Crippen LogP contribution in [0.3, 0.4) is 0 Å². The first kappa shape index (κ1) is 35.4. The molecule has 7 heteroatoms. The lowest BCUT2D eigenvalue weighted by Crippen LogP contribution is -2.52. The van der Waals surface area contributed by atoms with Crippen molar-refractivity contribution in [2.24, 2.45) is 23.5 Å². The normalized spacial score (nSPS) is 15.4. The summed E-state index contributed by atoms with van der Waals surface area (Å²) in [6.45, 7) is 14.6. The van der Waals surface area contributed by atoms with Crippen LogP contribution in [-0.2, 0) is 14.4 Å². The average Bonchev–Trinajstić information content (AvgIpc) is 2.87. The highest BCUT2D eigenvalue weighted by Gasteiger charge is 2.40. The van der Waals surface area contributed by atoms with Gasteiger partial charge in [-0.1, -0.05) is 99.3 Å². The number of rotatable bonds is 23. The molecule has 0 spiro atoms. The standard InChI is InChI=1S/C30H59N3O4/c1-7-13-16-24(10-4)21-32-27(34)19-30(37,29(31)36)20-28(35)33(22-25(11-5)17-14-8-2)23-26(12-6)18-15-9-3/h24-26,37H,7-23H2,1-6H3,(H2,31,36)(H,32,34). The summed E-state index contributed by atoms with van der Waals surface area (Å²) >= 11 is 0. The number of hydrogen-bond acceptors (Lipinski definition) is 4. The van der Waals surface area contributed by atoms with Gasteiger partial charge in [-0.2, -0.15) is 0 Å². The van der Waals surface area contributed by atoms with E-state index in [0.717, 1.165) is 77.0 Å². The van der Waals surface area contributed by atoms with Crippen LogP contribution >= 0.6 is 0 Å². The predicted octanol–water partition coefficient (Wildman–Crippen LogP) is 5.58. The van der Waals surface area contributed by atoms with E-state index < -0.39 is 30.3 Å². The highest BCUT2D eigenvalue weighted by molar-refractivity contribution is 5.94. The van der Waals surface area contributed by atoms with Crippen LogP contribution in [0.5, 0.6) is 0 Å². The van der Waals surface area contributed by atoms with Crippen molar-refractivity contribution in [2.45, 2.75) is 137 Å². The molecule has 4 atom stereocenters. The number of nitrogens with one attached hydrogen (secondary N) is 1. The summed E-state index contributed by atoms with van der Waals surface area (Å²) in [5.74, 6) is -0.679. The van der Waals surface area contributed by atoms with Crippen molar-refractivity contribution in [2.75, 3.05) is 19.6 Å². The molecule has 7 nitrogen and oxygen atoms in total. The van der Waals surface area contributed by atoms with Crippen LogP contribution in [0.1, 0.15) is 131 Å². The lowest BCUT2D eigenvalue weighted by Gasteiger charge is -2.33. The summed E-state index contributed by atoms with van der Waals surface area (Å²) in [5, 5.41) is 14.0. The minimum Gasteiger partial charge on any atom is -0.379 e. The van der Waals surface area contributed by atoms with Gasteiger partial charge in [0.05, 0.1) is 12.8 Å². The number of amides is 3. The average molecular weight is 526 g/mol. The summed E-state index contributed by atoms with van der Waals surface area (Å²) in [4.78, 5) is 40.4. The van der Waals surface area contributed by atoms with Crippen LogP contribution < -0.4 is 11.1 Å². The summed E-state index contributed by atoms with van der Waals surface area (Å²) in [6, 6.07) is 0. The Morgan fingerprint density at radius 2 is 1.19 bits per heavy atom. The molecule has 0 aliphatic heterocycles. The molecule has 0 fully saturated rings. The van der Waals surface area contributed by atoms with E-state index in [2.05, 4.69) is 46.9 Å². The van der Waals surface area contributed by atoms with Crippen LogP contribution in [0, 0.1) is 17.8 Å². The van der Waals surface area contributed by atoms with Crippen LogP contribution in [0.4, 0.5) is 0 Å². The van der Waals surface area contributed by atoms with Crippen molar-refractivity contribution in [1.82, 2.24) is 10.2 Å². The van der Waals surface area contributed by atoms with Crippen LogP contribution in [0.15, 0.2) is 0 Å². The van der Waals surface area contributed by atoms with Gasteiger partial charge in [0, 0.05) is 19.6 Å². The largest absolute Gasteiger partial charge is 0.379 e. The Morgan fingerprint density at radius 3 is 1.57 bits per heavy atom. The fourth-order valence-corrected chi connectivity index (χ4v) is 4.86. The van der Waals surface area contributed by atoms with Gasteiger partial charge in [0.15, 0.2) is 5.60 Å². The van der Waals surface area contributed by atoms with Gasteiger partial charge in [0.1, 0.15) is 0 Å². The maximum absolute atomic E-state index is 13.6. The van der Waals surface area contributed by atoms with Gasteiger partial charge in [0.2, 0.25) is 17.7 Å². The van der Waals surface area contributed by atoms with Crippen LogP contribution in [-0.4, -0.2) is 53.0 Å². The molecule has 4 N–H and O–H groups in total. The molecule has 3 amide bonds. The minimum atomic E-state index is -2.19. The third-order valence-corrected chi connectivity index (χ3v) is 7.88. The third-order valence-electron chi connectivity index (χ3n) is 7.88. The quantitative estimate of drug-likeness (QED) is 0.162. The fourth-order valence-electron chi connectivity index (χ4n) is 4.86. The molecule has 0 rings (SSSR count). The number of nitrogens with zero attached hydrogens (tertiary/aromatic N) is 1. The first-order valence-corrected chi connectivity index (χ1v) is 15.2. The Bertz CT molecular complexity index is 624. The van der Waals surface area contributed by atoms with Gasteiger partial charge in [0.25, 0.3) is 0 Å². The second kappa shape index (κ2) is 20.3. The van der Waals surface area contributed by atoms with Gasteiger partial charge in [-0.25, -0.2) is 0 Å². The molecule has 0 aromatic carbocycles. The van der Waals surface area contributed by atoms with Crippen molar-refractivity contribution in [1.29, 1.82) is 0 Å². The van der Waals surface area contributed by atoms with E-state index in [4.69, 9.17) is 5.73 Å². The van der Waals surface area contributed by atoms with Crippen molar-refractivity contribution < 1.29 is 19.5 Å². The molecule has 0 bridgehead atoms. The van der Waals surface area contributed by atoms with Crippen LogP contribution in [0.25, 0.3) is 0 Å². The number of carbonyl (C=O) groups is 3. The lowest BCUT2D eigenvalue weighted by molar-refractivity contribution is -0.151. The number of primary amides is 1. The van der Waals surface area contributed by atoms with Gasteiger partial charge in [-0.05, 0) is 37.0 Å². The smallest absolute Gasteiger partial charge is 0.250 e. The van der Waals surface area contributed by atoms with E-state index in [1.165, 1.54) is 0 Å². The Hall–Kier alpha value is -1.63. The maximum atomic E-state index is 13.6. The zero-order valence-corrected chi connectivity index (χ0v) is 24.9. The summed E-state index contributed by atoms with van der Waals surface area (Å²) in [7, 11) is 0. The Labute approximate surface area is 227 Å². The molecular weight excluding hydrogens is 466 g/mol. The Kier molecular flexibility index (Phi) is 19.5. The summed E-state index contributed by atoms with van der Waals surface area (Å²) in [5.41, 5.74) is 3.37. The zero-order valence-electron chi connectivity index (χ0n) is 24.9. The number of aliphatic hydroxyl groups is 1. The number of unbranched alkanes of at least 4 members (excludes halogenated alkanes) is 3. The molecule has 0 saturated carbocycles. The number of hydrogen-bond donors (Lipinski definition) is 3. The molecule has 0 aliphatic carbocycles. The SMILES string of the molecule is CCCCC(CC)CNC(=O)CC(O)(CC(=O)N(CC(CC)CCCC)CC(CC)CCCC)C(N)=O. The molecular formula is C30H59N3O4. The Balaban J connectivity index is 5.52. The van der Waals surface area contributed by atoms with Crippen molar-refractivity contribution in [3.05, 3.63) is 0 Å². The molecule has 218 valence electrons. The second-order valence-electron chi connectivity index (χ2n) is 11.1. The van der Waals surface area contributed by atoms with E-state index in [1.54, 1.807) is 0 Å². The van der Waals surface area contributed by atoms with Gasteiger partial charge < -0.3 is 21.1 Å². The maximum Gasteiger partial charge on any atom is 0.250 e. The van der Waals surface area contributed by atoms with Crippen LogP contribution in [0.2, 0.25) is 0 Å². The highest BCUT2D eigenvalue weighted by Crippen LogP contribution is 2.23. The highest BCUT2D eigenvalue weighted by atomic mass is 16.3. The van der Waals surface area contributed by atoms with Gasteiger partial charge >= 0.3 is 0 Å². The summed E-state index contributed by atoms with van der Waals surface area (Å²) in [6.07, 6.45) is 11.6. The molecule has 0 saturated heterocycles. The fraction of sp³-hybridized carbons (Fsp3) is 0.900. The molecule has 0 aromatic rings. The molecule has 37 heavy (non-hydrogen) atoms. The first-order chi connectivity index (χ1) is 17.6. The molecule has 0 aromatic heterocycles. The van der Waals surface area contributed by atoms with Crippen molar-refractivity contribution >= 4 is 17.7 Å². The van der Waals surface area contributed by atoms with E-state index in [9.17, 15) is 19.5 Å². The van der Waals surface area contributed by atoms with E-state index in [-0.39, 0.29) is 5.91 Å². The molecule has 0 aliphatic rings. The van der Waals surface area contributed by atoms with E-state index >= 15 is 0 Å². The van der Waals surface area contributed by atoms with Crippen molar-refractivity contribution in [3.63, 3.8) is 0 Å². The molecule has 4 unspecified atom stereocenters.